The SMILES string of the molecule is O=C(On1c(O)c2c(c1O)C1C=CC2C1)c1ccc(C(=O)On2c(O)c3c(c2O)C2C=CC3C2)cc1. The fourth-order valence-electron chi connectivity index (χ4n) is 6.02. The maximum absolute atomic E-state index is 12.7. The smallest absolute Gasteiger partial charge is 0.363 e. The molecule has 10 nitrogen and oxygen atoms in total. The number of nitrogens with zero attached hydrogens (tertiary/aromatic N) is 2. The van der Waals surface area contributed by atoms with E-state index in [0.717, 1.165) is 22.3 Å². The van der Waals surface area contributed by atoms with E-state index in [4.69, 9.17) is 9.68 Å². The van der Waals surface area contributed by atoms with E-state index in [1.807, 2.05) is 24.3 Å². The molecule has 4 aliphatic carbocycles. The number of aromatic hydroxyl groups is 4. The van der Waals surface area contributed by atoms with Crippen LogP contribution < -0.4 is 9.68 Å². The van der Waals surface area contributed by atoms with E-state index < -0.39 is 11.9 Å². The van der Waals surface area contributed by atoms with Gasteiger partial charge in [-0.05, 0) is 37.1 Å². The van der Waals surface area contributed by atoms with Gasteiger partial charge in [-0.25, -0.2) is 9.59 Å². The van der Waals surface area contributed by atoms with Crippen molar-refractivity contribution in [1.82, 2.24) is 9.46 Å². The van der Waals surface area contributed by atoms with Crippen molar-refractivity contribution in [2.75, 3.05) is 0 Å². The summed E-state index contributed by atoms with van der Waals surface area (Å²) in [6, 6.07) is 5.31. The van der Waals surface area contributed by atoms with Crippen molar-refractivity contribution < 1.29 is 39.7 Å². The zero-order valence-corrected chi connectivity index (χ0v) is 18.7. The molecule has 0 aliphatic heterocycles. The van der Waals surface area contributed by atoms with Crippen molar-refractivity contribution in [3.63, 3.8) is 0 Å². The molecule has 0 radical (unpaired) electrons. The van der Waals surface area contributed by atoms with E-state index in [0.29, 0.717) is 22.3 Å². The lowest BCUT2D eigenvalue weighted by Crippen LogP contribution is -2.21. The minimum atomic E-state index is -0.852. The highest BCUT2D eigenvalue weighted by Gasteiger charge is 2.43. The number of hydrogen-bond donors (Lipinski definition) is 4. The molecule has 0 saturated heterocycles. The Bertz CT molecular complexity index is 1350. The molecule has 2 aromatic heterocycles. The van der Waals surface area contributed by atoms with Gasteiger partial charge in [0.05, 0.1) is 11.1 Å². The molecule has 1 aromatic carbocycles. The van der Waals surface area contributed by atoms with Crippen LogP contribution in [0, 0.1) is 0 Å². The van der Waals surface area contributed by atoms with Crippen LogP contribution >= 0.6 is 0 Å². The molecule has 0 spiro atoms. The first-order valence-corrected chi connectivity index (χ1v) is 11.6. The number of aromatic nitrogens is 2. The monoisotopic (exact) mass is 488 g/mol. The molecule has 4 aliphatic rings. The topological polar surface area (TPSA) is 143 Å². The number of carbonyl (C=O) groups is 2. The van der Waals surface area contributed by atoms with Crippen LogP contribution in [0.5, 0.6) is 23.5 Å². The van der Waals surface area contributed by atoms with Crippen LogP contribution in [0.15, 0.2) is 48.6 Å². The molecule has 0 saturated carbocycles. The van der Waals surface area contributed by atoms with E-state index in [1.54, 1.807) is 0 Å². The maximum atomic E-state index is 12.7. The molecule has 4 atom stereocenters. The Morgan fingerprint density at radius 2 is 0.861 bits per heavy atom. The minimum absolute atomic E-state index is 0.0205. The first kappa shape index (κ1) is 20.7. The van der Waals surface area contributed by atoms with Crippen molar-refractivity contribution in [3.05, 3.63) is 82.0 Å². The van der Waals surface area contributed by atoms with Gasteiger partial charge in [0.15, 0.2) is 0 Å². The Kier molecular flexibility index (Phi) is 4.02. The number of hydrogen-bond acceptors (Lipinski definition) is 8. The Balaban J connectivity index is 1.08. The fourth-order valence-corrected chi connectivity index (χ4v) is 6.02. The third-order valence-electron chi connectivity index (χ3n) is 7.67. The van der Waals surface area contributed by atoms with Gasteiger partial charge in [0, 0.05) is 45.9 Å². The molecule has 0 amide bonds. The zero-order chi connectivity index (χ0) is 24.9. The lowest BCUT2D eigenvalue weighted by Gasteiger charge is -2.10. The maximum Gasteiger partial charge on any atom is 0.363 e. The number of carbonyl (C=O) groups excluding carboxylic acids is 2. The van der Waals surface area contributed by atoms with Crippen molar-refractivity contribution >= 4 is 11.9 Å². The average Bonchev–Trinajstić information content (AvgIpc) is 3.72. The minimum Gasteiger partial charge on any atom is -0.492 e. The number of allylic oxidation sites excluding steroid dienone is 4. The summed E-state index contributed by atoms with van der Waals surface area (Å²) in [7, 11) is 0. The summed E-state index contributed by atoms with van der Waals surface area (Å²) in [6.45, 7) is 0. The molecule has 4 unspecified atom stereocenters. The Morgan fingerprint density at radius 1 is 0.583 bits per heavy atom. The first-order valence-electron chi connectivity index (χ1n) is 11.6. The lowest BCUT2D eigenvalue weighted by molar-refractivity contribution is 0.0368. The third kappa shape index (κ3) is 2.61. The first-order chi connectivity index (χ1) is 17.3. The van der Waals surface area contributed by atoms with Gasteiger partial charge in [-0.3, -0.25) is 0 Å². The van der Waals surface area contributed by atoms with Crippen molar-refractivity contribution in [2.45, 2.75) is 36.5 Å². The van der Waals surface area contributed by atoms with Crippen LogP contribution in [0.3, 0.4) is 0 Å². The van der Waals surface area contributed by atoms with Crippen LogP contribution in [-0.2, 0) is 0 Å². The Hall–Kier alpha value is -4.60. The van der Waals surface area contributed by atoms with Crippen molar-refractivity contribution in [2.24, 2.45) is 0 Å². The highest BCUT2D eigenvalue weighted by atomic mass is 16.7. The van der Waals surface area contributed by atoms with E-state index >= 15 is 0 Å². The molecule has 4 N–H and O–H groups in total. The fraction of sp³-hybridized carbons (Fsp3) is 0.231. The second-order valence-electron chi connectivity index (χ2n) is 9.54. The van der Waals surface area contributed by atoms with Gasteiger partial charge < -0.3 is 30.1 Å². The zero-order valence-electron chi connectivity index (χ0n) is 18.7. The average molecular weight is 488 g/mol. The van der Waals surface area contributed by atoms with Gasteiger partial charge in [-0.1, -0.05) is 24.3 Å². The van der Waals surface area contributed by atoms with Crippen LogP contribution in [0.2, 0.25) is 0 Å². The van der Waals surface area contributed by atoms with Crippen LogP contribution in [-0.4, -0.2) is 41.8 Å². The standard InChI is InChI=1S/C26H20N2O8/c29-21-17-13-5-6-14(9-13)18(17)22(30)27(21)35-25(33)11-1-2-12(4-3-11)26(34)36-28-23(31)19-15-7-8-16(10-15)20(19)24(28)32/h1-8,13-16,29-32H,9-10H2. The Morgan fingerprint density at radius 3 is 1.14 bits per heavy atom. The molecule has 182 valence electrons. The van der Waals surface area contributed by atoms with Crippen LogP contribution in [0.4, 0.5) is 0 Å². The second-order valence-corrected chi connectivity index (χ2v) is 9.54. The number of rotatable bonds is 4. The van der Waals surface area contributed by atoms with Gasteiger partial charge in [-0.2, -0.15) is 0 Å². The van der Waals surface area contributed by atoms with Crippen molar-refractivity contribution in [3.8, 4) is 23.5 Å². The largest absolute Gasteiger partial charge is 0.492 e. The third-order valence-corrected chi connectivity index (χ3v) is 7.67. The summed E-state index contributed by atoms with van der Waals surface area (Å²) in [5.74, 6) is -3.03. The highest BCUT2D eigenvalue weighted by molar-refractivity contribution is 5.93. The molecule has 0 fully saturated rings. The molecule has 10 heteroatoms. The summed E-state index contributed by atoms with van der Waals surface area (Å²) in [4.78, 5) is 35.8. The molecule has 7 rings (SSSR count). The van der Waals surface area contributed by atoms with Crippen LogP contribution in [0.1, 0.15) is 79.5 Å². The second kappa shape index (κ2) is 6.97. The summed E-state index contributed by atoms with van der Waals surface area (Å²) < 4.78 is 1.44. The summed E-state index contributed by atoms with van der Waals surface area (Å²) in [5, 5.41) is 42.1. The molecular formula is C26H20N2O8. The predicted molar refractivity (Wildman–Crippen MR) is 122 cm³/mol. The molecule has 36 heavy (non-hydrogen) atoms. The highest BCUT2D eigenvalue weighted by Crippen LogP contribution is 2.57. The van der Waals surface area contributed by atoms with E-state index in [1.165, 1.54) is 24.3 Å². The number of benzene rings is 1. The molecule has 3 aromatic rings. The normalized spacial score (nSPS) is 23.8. The number of fused-ring (bicyclic) bond motifs is 10. The quantitative estimate of drug-likeness (QED) is 0.411. The van der Waals surface area contributed by atoms with Gasteiger partial charge in [0.25, 0.3) is 0 Å². The van der Waals surface area contributed by atoms with E-state index in [9.17, 15) is 30.0 Å². The summed E-state index contributed by atoms with van der Waals surface area (Å²) in [5.41, 5.74) is 2.39. The van der Waals surface area contributed by atoms with Crippen LogP contribution in [0.25, 0.3) is 0 Å². The molecular weight excluding hydrogens is 468 g/mol. The van der Waals surface area contributed by atoms with Crippen molar-refractivity contribution in [1.29, 1.82) is 0 Å². The van der Waals surface area contributed by atoms with E-state index in [2.05, 4.69) is 0 Å². The summed E-state index contributed by atoms with van der Waals surface area (Å²) in [6.07, 6.45) is 9.38. The molecule has 4 bridgehead atoms. The molecule has 2 heterocycles. The van der Waals surface area contributed by atoms with Gasteiger partial charge >= 0.3 is 11.9 Å². The predicted octanol–water partition coefficient (Wildman–Crippen LogP) is 2.93. The van der Waals surface area contributed by atoms with Gasteiger partial charge in [-0.15, -0.1) is 9.46 Å². The Labute approximate surface area is 203 Å². The lowest BCUT2D eigenvalue weighted by atomic mass is 10.0. The summed E-state index contributed by atoms with van der Waals surface area (Å²) >= 11 is 0. The van der Waals surface area contributed by atoms with E-state index in [-0.39, 0.29) is 58.3 Å². The van der Waals surface area contributed by atoms with Gasteiger partial charge in [0.1, 0.15) is 0 Å². The van der Waals surface area contributed by atoms with Gasteiger partial charge in [0.2, 0.25) is 23.5 Å².